The third-order valence-corrected chi connectivity index (χ3v) is 5.68. The summed E-state index contributed by atoms with van der Waals surface area (Å²) < 4.78 is 6.47. The highest BCUT2D eigenvalue weighted by atomic mass is 28.3. The van der Waals surface area contributed by atoms with E-state index in [2.05, 4.69) is 44.8 Å². The van der Waals surface area contributed by atoms with Gasteiger partial charge in [-0.2, -0.15) is 0 Å². The molecule has 1 saturated heterocycles. The van der Waals surface area contributed by atoms with Gasteiger partial charge in [-0.3, -0.25) is 0 Å². The summed E-state index contributed by atoms with van der Waals surface area (Å²) in [6.07, 6.45) is 5.49. The van der Waals surface area contributed by atoms with Gasteiger partial charge in [-0.25, -0.2) is 4.79 Å². The Labute approximate surface area is 159 Å². The molecule has 1 N–H and O–H groups in total. The zero-order valence-corrected chi connectivity index (χ0v) is 17.9. The standard InChI is InChI=1S/C21H33NO3Si/c1-21(2,3)20(25-26(4)5)17-10-8-14-22(15-17)18-11-7-6-9-16(18)12-13-19(23)24/h6-7,9,11-13,17,20,26H,8,10,14-15H2,1-5H3,(H,23,24). The molecule has 0 amide bonds. The lowest BCUT2D eigenvalue weighted by atomic mass is 9.78. The van der Waals surface area contributed by atoms with Crippen molar-refractivity contribution in [3.8, 4) is 0 Å². The second kappa shape index (κ2) is 8.87. The number of hydrogen-bond acceptors (Lipinski definition) is 3. The molecule has 0 aliphatic carbocycles. The normalized spacial score (nSPS) is 19.9. The summed E-state index contributed by atoms with van der Waals surface area (Å²) in [7, 11) is -1.12. The van der Waals surface area contributed by atoms with Gasteiger partial charge in [0, 0.05) is 30.8 Å². The summed E-state index contributed by atoms with van der Waals surface area (Å²) in [5.41, 5.74) is 2.19. The Balaban J connectivity index is 2.24. The Hall–Kier alpha value is -1.59. The number of carboxylic acids is 1. The maximum absolute atomic E-state index is 10.9. The van der Waals surface area contributed by atoms with Crippen molar-refractivity contribution < 1.29 is 14.3 Å². The third-order valence-electron chi connectivity index (χ3n) is 4.84. The Bertz CT molecular complexity index is 636. The average molecular weight is 376 g/mol. The zero-order valence-electron chi connectivity index (χ0n) is 16.7. The number of nitrogens with zero attached hydrogens (tertiary/aromatic N) is 1. The van der Waals surface area contributed by atoms with Crippen LogP contribution in [-0.2, 0) is 9.22 Å². The SMILES string of the molecule is C[SiH](C)OC(C1CCCN(c2ccccc2C=CC(=O)O)C1)C(C)(C)C. The van der Waals surface area contributed by atoms with Crippen LogP contribution in [0, 0.1) is 11.3 Å². The van der Waals surface area contributed by atoms with E-state index in [0.717, 1.165) is 30.8 Å². The molecule has 1 aromatic carbocycles. The van der Waals surface area contributed by atoms with E-state index in [1.54, 1.807) is 6.08 Å². The van der Waals surface area contributed by atoms with Gasteiger partial charge in [0.1, 0.15) is 0 Å². The molecule has 1 aromatic rings. The lowest BCUT2D eigenvalue weighted by Gasteiger charge is -2.44. The van der Waals surface area contributed by atoms with Crippen LogP contribution in [0.1, 0.15) is 39.2 Å². The highest BCUT2D eigenvalue weighted by Crippen LogP contribution is 2.36. The first-order valence-corrected chi connectivity index (χ1v) is 12.4. The second-order valence-corrected chi connectivity index (χ2v) is 10.9. The largest absolute Gasteiger partial charge is 0.478 e. The van der Waals surface area contributed by atoms with Crippen LogP contribution in [0.25, 0.3) is 6.08 Å². The molecule has 144 valence electrons. The molecule has 4 nitrogen and oxygen atoms in total. The number of carboxylic acid groups (broad SMARTS) is 1. The minimum atomic E-state index is -1.12. The zero-order chi connectivity index (χ0) is 19.3. The van der Waals surface area contributed by atoms with Crippen LogP contribution in [0.4, 0.5) is 5.69 Å². The van der Waals surface area contributed by atoms with Crippen molar-refractivity contribution in [1.82, 2.24) is 0 Å². The van der Waals surface area contributed by atoms with Crippen LogP contribution in [0.2, 0.25) is 13.1 Å². The van der Waals surface area contributed by atoms with Crippen LogP contribution >= 0.6 is 0 Å². The van der Waals surface area contributed by atoms with Gasteiger partial charge in [0.15, 0.2) is 9.04 Å². The predicted octanol–water partition coefficient (Wildman–Crippen LogP) is 4.42. The van der Waals surface area contributed by atoms with Crippen LogP contribution < -0.4 is 4.90 Å². The Morgan fingerprint density at radius 2 is 2.04 bits per heavy atom. The van der Waals surface area contributed by atoms with Crippen LogP contribution in [0.3, 0.4) is 0 Å². The lowest BCUT2D eigenvalue weighted by molar-refractivity contribution is -0.131. The van der Waals surface area contributed by atoms with Crippen molar-refractivity contribution in [3.63, 3.8) is 0 Å². The highest BCUT2D eigenvalue weighted by molar-refractivity contribution is 6.48. The number of anilines is 1. The fraction of sp³-hybridized carbons (Fsp3) is 0.571. The maximum atomic E-state index is 10.9. The molecule has 1 heterocycles. The molecule has 1 fully saturated rings. The lowest BCUT2D eigenvalue weighted by Crippen LogP contribution is -2.47. The molecule has 1 aliphatic rings. The van der Waals surface area contributed by atoms with Crippen molar-refractivity contribution in [3.05, 3.63) is 35.9 Å². The number of para-hydroxylation sites is 1. The second-order valence-electron chi connectivity index (χ2n) is 8.55. The van der Waals surface area contributed by atoms with Crippen molar-refractivity contribution in [2.45, 2.75) is 52.8 Å². The minimum absolute atomic E-state index is 0.119. The Morgan fingerprint density at radius 3 is 2.65 bits per heavy atom. The molecular formula is C21H33NO3Si. The molecule has 1 aliphatic heterocycles. The van der Waals surface area contributed by atoms with Gasteiger partial charge in [0.05, 0.1) is 6.10 Å². The third kappa shape index (κ3) is 5.71. The van der Waals surface area contributed by atoms with E-state index >= 15 is 0 Å². The van der Waals surface area contributed by atoms with Gasteiger partial charge in [-0.05, 0) is 49.1 Å². The summed E-state index contributed by atoms with van der Waals surface area (Å²) in [5.74, 6) is -0.422. The van der Waals surface area contributed by atoms with Crippen molar-refractivity contribution >= 4 is 26.8 Å². The summed E-state index contributed by atoms with van der Waals surface area (Å²) in [6.45, 7) is 13.3. The molecule has 0 aromatic heterocycles. The first-order valence-electron chi connectivity index (χ1n) is 9.59. The maximum Gasteiger partial charge on any atom is 0.328 e. The molecular weight excluding hydrogens is 342 g/mol. The number of carbonyl (C=O) groups is 1. The summed E-state index contributed by atoms with van der Waals surface area (Å²) in [6, 6.07) is 8.05. The van der Waals surface area contributed by atoms with E-state index in [0.29, 0.717) is 5.92 Å². The monoisotopic (exact) mass is 375 g/mol. The van der Waals surface area contributed by atoms with Gasteiger partial charge in [-0.15, -0.1) is 0 Å². The topological polar surface area (TPSA) is 49.8 Å². The van der Waals surface area contributed by atoms with E-state index in [9.17, 15) is 4.79 Å². The molecule has 2 unspecified atom stereocenters. The molecule has 0 spiro atoms. The Kier molecular flexibility index (Phi) is 7.06. The van der Waals surface area contributed by atoms with Gasteiger partial charge in [-0.1, -0.05) is 39.0 Å². The number of benzene rings is 1. The van der Waals surface area contributed by atoms with E-state index in [1.807, 2.05) is 18.2 Å². The van der Waals surface area contributed by atoms with E-state index in [1.165, 1.54) is 12.5 Å². The number of hydrogen-bond donors (Lipinski definition) is 1. The molecule has 26 heavy (non-hydrogen) atoms. The molecule has 0 saturated carbocycles. The van der Waals surface area contributed by atoms with E-state index in [4.69, 9.17) is 9.53 Å². The van der Waals surface area contributed by atoms with E-state index in [-0.39, 0.29) is 11.5 Å². The fourth-order valence-corrected chi connectivity index (χ4v) is 5.09. The molecule has 0 radical (unpaired) electrons. The summed E-state index contributed by atoms with van der Waals surface area (Å²) in [5, 5.41) is 8.95. The minimum Gasteiger partial charge on any atom is -0.478 e. The van der Waals surface area contributed by atoms with Crippen molar-refractivity contribution in [2.75, 3.05) is 18.0 Å². The Morgan fingerprint density at radius 1 is 1.35 bits per heavy atom. The van der Waals surface area contributed by atoms with Gasteiger partial charge in [0.2, 0.25) is 0 Å². The first kappa shape index (κ1) is 20.7. The van der Waals surface area contributed by atoms with Gasteiger partial charge < -0.3 is 14.4 Å². The smallest absolute Gasteiger partial charge is 0.328 e. The van der Waals surface area contributed by atoms with Crippen LogP contribution in [0.5, 0.6) is 0 Å². The fourth-order valence-electron chi connectivity index (χ4n) is 3.87. The van der Waals surface area contributed by atoms with Crippen LogP contribution in [0.15, 0.2) is 30.3 Å². The highest BCUT2D eigenvalue weighted by Gasteiger charge is 2.36. The molecule has 0 bridgehead atoms. The van der Waals surface area contributed by atoms with Crippen molar-refractivity contribution in [2.24, 2.45) is 11.3 Å². The molecule has 2 rings (SSSR count). The number of aliphatic carboxylic acids is 1. The summed E-state index contributed by atoms with van der Waals surface area (Å²) >= 11 is 0. The van der Waals surface area contributed by atoms with E-state index < -0.39 is 15.0 Å². The first-order chi connectivity index (χ1) is 12.2. The number of rotatable bonds is 6. The van der Waals surface area contributed by atoms with Gasteiger partial charge in [0.25, 0.3) is 0 Å². The molecule has 2 atom stereocenters. The quantitative estimate of drug-likeness (QED) is 0.591. The van der Waals surface area contributed by atoms with Gasteiger partial charge >= 0.3 is 5.97 Å². The predicted molar refractivity (Wildman–Crippen MR) is 111 cm³/mol. The summed E-state index contributed by atoms with van der Waals surface area (Å²) in [4.78, 5) is 13.3. The van der Waals surface area contributed by atoms with Crippen LogP contribution in [-0.4, -0.2) is 39.3 Å². The number of piperidine rings is 1. The van der Waals surface area contributed by atoms with Crippen molar-refractivity contribution in [1.29, 1.82) is 0 Å². The molecule has 5 heteroatoms. The average Bonchev–Trinajstić information content (AvgIpc) is 2.57.